The summed E-state index contributed by atoms with van der Waals surface area (Å²) in [6, 6.07) is -2.36. The predicted molar refractivity (Wildman–Crippen MR) is 76.2 cm³/mol. The normalized spacial score (nSPS) is 34.1. The molecule has 3 fully saturated rings. The Balaban J connectivity index is 1.67. The Morgan fingerprint density at radius 1 is 1.39 bits per heavy atom. The van der Waals surface area contributed by atoms with Crippen molar-refractivity contribution in [2.75, 3.05) is 19.6 Å². The van der Waals surface area contributed by atoms with Crippen LogP contribution in [0.25, 0.3) is 0 Å². The van der Waals surface area contributed by atoms with Gasteiger partial charge < -0.3 is 21.3 Å². The summed E-state index contributed by atoms with van der Waals surface area (Å²) >= 11 is 0. The van der Waals surface area contributed by atoms with Gasteiger partial charge in [-0.05, 0) is 12.8 Å². The standard InChI is InChI=1S/C11H19N5O6S/c12-7-3-13-4-8(7)14-10(17)9-2-1-6-5-15(9)11(18)16(6)22-23(19,20)21/h6-9,13H,1-5,12H2,(H,14,17)(H,19,20,21)/t6?,7-,8-,9?/m1/s1. The van der Waals surface area contributed by atoms with E-state index in [0.717, 1.165) is 0 Å². The first-order valence-corrected chi connectivity index (χ1v) is 8.66. The van der Waals surface area contributed by atoms with E-state index in [0.29, 0.717) is 31.0 Å². The maximum atomic E-state index is 12.4. The zero-order chi connectivity index (χ0) is 16.8. The van der Waals surface area contributed by atoms with Crippen molar-refractivity contribution in [3.05, 3.63) is 0 Å². The van der Waals surface area contributed by atoms with Crippen LogP contribution >= 0.6 is 0 Å². The minimum Gasteiger partial charge on any atom is -0.349 e. The number of fused-ring (bicyclic) bond motifs is 2. The summed E-state index contributed by atoms with van der Waals surface area (Å²) in [6.45, 7) is 1.34. The maximum absolute atomic E-state index is 12.4. The first-order chi connectivity index (χ1) is 10.8. The predicted octanol–water partition coefficient (Wildman–Crippen LogP) is -2.60. The highest BCUT2D eigenvalue weighted by Crippen LogP contribution is 2.30. The lowest BCUT2D eigenvalue weighted by molar-refractivity contribution is -0.126. The number of hydrogen-bond donors (Lipinski definition) is 4. The van der Waals surface area contributed by atoms with E-state index in [1.807, 2.05) is 0 Å². The third-order valence-electron chi connectivity index (χ3n) is 4.39. The number of hydrogen-bond acceptors (Lipinski definition) is 7. The van der Waals surface area contributed by atoms with Gasteiger partial charge in [-0.15, -0.1) is 4.28 Å². The SMILES string of the molecule is N[C@@H]1CNC[C@H]1NC(=O)C1CCC2CN1C(=O)N2OS(=O)(=O)O. The van der Waals surface area contributed by atoms with Gasteiger partial charge in [-0.25, -0.2) is 4.79 Å². The number of carbonyl (C=O) groups is 2. The maximum Gasteiger partial charge on any atom is 0.418 e. The quantitative estimate of drug-likeness (QED) is 0.403. The molecule has 23 heavy (non-hydrogen) atoms. The van der Waals surface area contributed by atoms with Gasteiger partial charge >= 0.3 is 16.4 Å². The Bertz CT molecular complexity index is 612. The molecule has 4 atom stereocenters. The molecule has 0 aliphatic carbocycles. The molecule has 0 saturated carbocycles. The average Bonchev–Trinajstić information content (AvgIpc) is 2.96. The second kappa shape index (κ2) is 5.87. The molecule has 5 N–H and O–H groups in total. The molecule has 11 nitrogen and oxygen atoms in total. The van der Waals surface area contributed by atoms with E-state index in [1.165, 1.54) is 4.90 Å². The van der Waals surface area contributed by atoms with Gasteiger partial charge in [-0.1, -0.05) is 0 Å². The molecule has 3 heterocycles. The van der Waals surface area contributed by atoms with Gasteiger partial charge in [0.1, 0.15) is 6.04 Å². The highest BCUT2D eigenvalue weighted by molar-refractivity contribution is 7.80. The van der Waals surface area contributed by atoms with Crippen LogP contribution < -0.4 is 16.4 Å². The first kappa shape index (κ1) is 16.4. The van der Waals surface area contributed by atoms with Gasteiger partial charge in [0.15, 0.2) is 0 Å². The topological polar surface area (TPSA) is 154 Å². The third kappa shape index (κ3) is 3.26. The molecule has 3 aliphatic heterocycles. The largest absolute Gasteiger partial charge is 0.418 e. The molecule has 2 unspecified atom stereocenters. The summed E-state index contributed by atoms with van der Waals surface area (Å²) in [5.74, 6) is -0.324. The summed E-state index contributed by atoms with van der Waals surface area (Å²) in [5.41, 5.74) is 5.87. The molecule has 3 amide bonds. The van der Waals surface area contributed by atoms with Gasteiger partial charge in [-0.2, -0.15) is 13.5 Å². The van der Waals surface area contributed by atoms with E-state index in [4.69, 9.17) is 10.3 Å². The molecule has 0 spiro atoms. The minimum atomic E-state index is -4.79. The fourth-order valence-corrected chi connectivity index (χ4v) is 3.63. The number of nitrogens with two attached hydrogens (primary N) is 1. The molecule has 130 valence electrons. The number of rotatable bonds is 4. The second-order valence-corrected chi connectivity index (χ2v) is 6.95. The monoisotopic (exact) mass is 349 g/mol. The lowest BCUT2D eigenvalue weighted by Crippen LogP contribution is -2.55. The van der Waals surface area contributed by atoms with E-state index in [2.05, 4.69) is 14.9 Å². The number of piperidine rings is 1. The molecule has 2 bridgehead atoms. The summed E-state index contributed by atoms with van der Waals surface area (Å²) in [7, 11) is -4.79. The average molecular weight is 349 g/mol. The van der Waals surface area contributed by atoms with Crippen LogP contribution in [0.3, 0.4) is 0 Å². The van der Waals surface area contributed by atoms with Crippen LogP contribution in [0.5, 0.6) is 0 Å². The van der Waals surface area contributed by atoms with E-state index < -0.39 is 28.5 Å². The molecule has 3 aliphatic rings. The molecule has 0 aromatic carbocycles. The third-order valence-corrected chi connectivity index (χ3v) is 4.74. The lowest BCUT2D eigenvalue weighted by atomic mass is 10.00. The molecule has 0 aromatic rings. The Hall–Kier alpha value is -1.47. The summed E-state index contributed by atoms with van der Waals surface area (Å²) in [5, 5.41) is 6.50. The Morgan fingerprint density at radius 3 is 2.74 bits per heavy atom. The van der Waals surface area contributed by atoms with Crippen molar-refractivity contribution >= 4 is 22.3 Å². The van der Waals surface area contributed by atoms with Crippen molar-refractivity contribution in [1.82, 2.24) is 20.6 Å². The molecule has 3 rings (SSSR count). The number of carbonyl (C=O) groups excluding carboxylic acids is 2. The Labute approximate surface area is 133 Å². The van der Waals surface area contributed by atoms with E-state index in [-0.39, 0.29) is 24.5 Å². The fraction of sp³-hybridized carbons (Fsp3) is 0.818. The fourth-order valence-electron chi connectivity index (χ4n) is 3.24. The Kier molecular flexibility index (Phi) is 4.18. The minimum absolute atomic E-state index is 0.168. The molecular formula is C11H19N5O6S. The lowest BCUT2D eigenvalue weighted by Gasteiger charge is -2.30. The smallest absolute Gasteiger partial charge is 0.349 e. The zero-order valence-corrected chi connectivity index (χ0v) is 13.0. The van der Waals surface area contributed by atoms with Crippen molar-refractivity contribution in [2.45, 2.75) is 37.0 Å². The number of nitrogens with zero attached hydrogens (tertiary/aromatic N) is 2. The van der Waals surface area contributed by atoms with Crippen LogP contribution in [-0.2, 0) is 19.5 Å². The molecule has 12 heteroatoms. The summed E-state index contributed by atoms with van der Waals surface area (Å²) in [4.78, 5) is 25.9. The summed E-state index contributed by atoms with van der Waals surface area (Å²) < 4.78 is 34.7. The van der Waals surface area contributed by atoms with Crippen LogP contribution in [0.4, 0.5) is 4.79 Å². The molecule has 0 radical (unpaired) electrons. The molecular weight excluding hydrogens is 330 g/mol. The van der Waals surface area contributed by atoms with Gasteiger partial charge in [0.2, 0.25) is 5.91 Å². The van der Waals surface area contributed by atoms with Crippen LogP contribution in [0.1, 0.15) is 12.8 Å². The zero-order valence-electron chi connectivity index (χ0n) is 12.2. The van der Waals surface area contributed by atoms with Crippen molar-refractivity contribution < 1.29 is 26.8 Å². The second-order valence-electron chi connectivity index (χ2n) is 5.95. The molecule has 0 aromatic heterocycles. The van der Waals surface area contributed by atoms with Crippen LogP contribution in [0, 0.1) is 0 Å². The number of nitrogens with one attached hydrogen (secondary N) is 2. The van der Waals surface area contributed by atoms with Crippen LogP contribution in [0.15, 0.2) is 0 Å². The van der Waals surface area contributed by atoms with E-state index in [9.17, 15) is 18.0 Å². The van der Waals surface area contributed by atoms with Crippen molar-refractivity contribution in [3.63, 3.8) is 0 Å². The van der Waals surface area contributed by atoms with Crippen molar-refractivity contribution in [2.24, 2.45) is 5.73 Å². The Morgan fingerprint density at radius 2 is 2.13 bits per heavy atom. The highest BCUT2D eigenvalue weighted by atomic mass is 32.3. The summed E-state index contributed by atoms with van der Waals surface area (Å²) in [6.07, 6.45) is 0.772. The van der Waals surface area contributed by atoms with Crippen LogP contribution in [0.2, 0.25) is 0 Å². The number of urea groups is 1. The number of hydroxylamine groups is 2. The van der Waals surface area contributed by atoms with E-state index in [1.54, 1.807) is 0 Å². The van der Waals surface area contributed by atoms with Crippen molar-refractivity contribution in [1.29, 1.82) is 0 Å². The van der Waals surface area contributed by atoms with E-state index >= 15 is 0 Å². The van der Waals surface area contributed by atoms with Gasteiger partial charge in [0.05, 0.1) is 12.1 Å². The highest BCUT2D eigenvalue weighted by Gasteiger charge is 2.49. The number of amides is 3. The van der Waals surface area contributed by atoms with Gasteiger partial charge in [0.25, 0.3) is 0 Å². The van der Waals surface area contributed by atoms with Crippen LogP contribution in [-0.4, -0.2) is 78.7 Å². The van der Waals surface area contributed by atoms with Gasteiger partial charge in [0, 0.05) is 25.7 Å². The van der Waals surface area contributed by atoms with Gasteiger partial charge in [-0.3, -0.25) is 9.35 Å². The van der Waals surface area contributed by atoms with Crippen molar-refractivity contribution in [3.8, 4) is 0 Å². The first-order valence-electron chi connectivity index (χ1n) is 7.30. The molecule has 3 saturated heterocycles.